The van der Waals surface area contributed by atoms with Crippen molar-refractivity contribution in [3.8, 4) is 11.5 Å². The van der Waals surface area contributed by atoms with Crippen LogP contribution < -0.4 is 14.8 Å². The van der Waals surface area contributed by atoms with Crippen LogP contribution in [0.5, 0.6) is 11.5 Å². The molecule has 0 radical (unpaired) electrons. The number of halogens is 1. The molecule has 0 bridgehead atoms. The summed E-state index contributed by atoms with van der Waals surface area (Å²) in [5.74, 6) is -0.444. The van der Waals surface area contributed by atoms with Crippen LogP contribution >= 0.6 is 0 Å². The van der Waals surface area contributed by atoms with Gasteiger partial charge in [-0.3, -0.25) is 19.3 Å². The number of morpholine rings is 1. The molecule has 2 aliphatic carbocycles. The van der Waals surface area contributed by atoms with Crippen LogP contribution in [0.15, 0.2) is 30.0 Å². The van der Waals surface area contributed by atoms with Crippen molar-refractivity contribution >= 4 is 17.6 Å². The summed E-state index contributed by atoms with van der Waals surface area (Å²) >= 11 is 0. The van der Waals surface area contributed by atoms with Crippen LogP contribution in [-0.4, -0.2) is 139 Å². The molecule has 8 unspecified atom stereocenters. The van der Waals surface area contributed by atoms with E-state index in [1.54, 1.807) is 18.2 Å². The standard InChI is InChI=1S/C38H52FN5O6/c1-48-31-11-7-8-25(35(31)49-2)37(46)40-23-12-17-43(21-23)33-28(39)20-26-32-36(33)50-30-10-4-3-9-29(30)44(32)22-27(34(26)45)38(47)42-18-13-24(14-19-42)41-15-5-6-16-41/h7-8,11,22-24,26,28-30,32-33,36H,3-6,9-10,12-21H2,1-2H3,(H,40,46). The monoisotopic (exact) mass is 693 g/mol. The third kappa shape index (κ3) is 5.98. The lowest BCUT2D eigenvalue weighted by Gasteiger charge is -2.60. The van der Waals surface area contributed by atoms with Gasteiger partial charge in [0.1, 0.15) is 6.17 Å². The number of ether oxygens (including phenoxy) is 3. The van der Waals surface area contributed by atoms with Crippen LogP contribution in [0.4, 0.5) is 4.39 Å². The smallest absolute Gasteiger partial charge is 0.258 e. The van der Waals surface area contributed by atoms with Crippen molar-refractivity contribution in [2.45, 2.75) is 113 Å². The van der Waals surface area contributed by atoms with Gasteiger partial charge in [0.25, 0.3) is 11.8 Å². The molecule has 50 heavy (non-hydrogen) atoms. The Kier molecular flexibility index (Phi) is 9.54. The van der Waals surface area contributed by atoms with Gasteiger partial charge in [-0.15, -0.1) is 0 Å². The van der Waals surface area contributed by atoms with Gasteiger partial charge in [0.2, 0.25) is 0 Å². The SMILES string of the molecule is COc1cccc(C(=O)NC2CCN(C3C(F)CC4C(=O)C(C(=O)N5CCC(N6CCCC6)CC5)=CN5C6CCCCC6OC3C45)C2)c1OC. The number of piperidine rings is 1. The number of para-hydroxylation sites is 1. The van der Waals surface area contributed by atoms with Crippen molar-refractivity contribution in [3.05, 3.63) is 35.5 Å². The molecule has 5 heterocycles. The number of Topliss-reactive ketones (excluding diaryl/α,β-unsaturated/α-hetero) is 1. The largest absolute Gasteiger partial charge is 0.493 e. The zero-order chi connectivity index (χ0) is 34.5. The molecule has 7 aliphatic rings. The van der Waals surface area contributed by atoms with Crippen LogP contribution in [0.25, 0.3) is 0 Å². The lowest BCUT2D eigenvalue weighted by Crippen LogP contribution is -2.73. The summed E-state index contributed by atoms with van der Waals surface area (Å²) in [6.45, 7) is 4.68. The molecule has 8 atom stereocenters. The number of amides is 2. The number of likely N-dealkylation sites (tertiary alicyclic amines) is 3. The molecule has 11 nitrogen and oxygen atoms in total. The van der Waals surface area contributed by atoms with Crippen molar-refractivity contribution in [2.24, 2.45) is 5.92 Å². The highest BCUT2D eigenvalue weighted by atomic mass is 19.1. The van der Waals surface area contributed by atoms with E-state index in [4.69, 9.17) is 14.2 Å². The lowest BCUT2D eigenvalue weighted by atomic mass is 9.69. The van der Waals surface area contributed by atoms with Gasteiger partial charge in [-0.1, -0.05) is 18.9 Å². The van der Waals surface area contributed by atoms with Crippen LogP contribution in [0.1, 0.15) is 74.6 Å². The van der Waals surface area contributed by atoms with E-state index in [0.29, 0.717) is 55.7 Å². The number of rotatable bonds is 7. The molecule has 2 saturated carbocycles. The highest BCUT2D eigenvalue weighted by molar-refractivity contribution is 6.20. The fourth-order valence-corrected chi connectivity index (χ4v) is 10.4. The first-order valence-electron chi connectivity index (χ1n) is 19.0. The first kappa shape index (κ1) is 33.9. The van der Waals surface area contributed by atoms with Crippen molar-refractivity contribution in [3.63, 3.8) is 0 Å². The average molecular weight is 694 g/mol. The van der Waals surface area contributed by atoms with Crippen LogP contribution in [0.2, 0.25) is 0 Å². The van der Waals surface area contributed by atoms with E-state index in [2.05, 4.69) is 20.0 Å². The first-order valence-corrected chi connectivity index (χ1v) is 19.0. The van der Waals surface area contributed by atoms with Gasteiger partial charge >= 0.3 is 0 Å². The zero-order valence-electron chi connectivity index (χ0n) is 29.4. The summed E-state index contributed by atoms with van der Waals surface area (Å²) in [4.78, 5) is 50.5. The molecule has 0 aromatic heterocycles. The van der Waals surface area contributed by atoms with E-state index in [1.165, 1.54) is 27.1 Å². The van der Waals surface area contributed by atoms with Crippen molar-refractivity contribution in [2.75, 3.05) is 53.5 Å². The van der Waals surface area contributed by atoms with Gasteiger partial charge in [0.05, 0.1) is 55.7 Å². The number of carbonyl (C=O) groups is 3. The summed E-state index contributed by atoms with van der Waals surface area (Å²) in [5.41, 5.74) is 0.621. The van der Waals surface area contributed by atoms with E-state index in [9.17, 15) is 14.4 Å². The minimum atomic E-state index is -1.30. The number of alkyl halides is 1. The normalized spacial score (nSPS) is 34.9. The number of benzene rings is 1. The zero-order valence-corrected chi connectivity index (χ0v) is 29.4. The number of hydrogen-bond acceptors (Lipinski definition) is 9. The number of hydrogen-bond donors (Lipinski definition) is 1. The molecule has 8 rings (SSSR count). The quantitative estimate of drug-likeness (QED) is 0.432. The Balaban J connectivity index is 1.00. The van der Waals surface area contributed by atoms with Gasteiger partial charge in [0.15, 0.2) is 17.3 Å². The molecule has 2 amide bonds. The lowest BCUT2D eigenvalue weighted by molar-refractivity contribution is -0.210. The Bertz CT molecular complexity index is 1490. The van der Waals surface area contributed by atoms with E-state index >= 15 is 4.39 Å². The first-order chi connectivity index (χ1) is 24.4. The number of nitrogens with zero attached hydrogens (tertiary/aromatic N) is 4. The summed E-state index contributed by atoms with van der Waals surface area (Å²) in [7, 11) is 3.05. The summed E-state index contributed by atoms with van der Waals surface area (Å²) in [5, 5.41) is 3.14. The maximum absolute atomic E-state index is 16.6. The van der Waals surface area contributed by atoms with Crippen LogP contribution in [0, 0.1) is 5.92 Å². The second-order valence-electron chi connectivity index (χ2n) is 15.4. The highest BCUT2D eigenvalue weighted by Gasteiger charge is 2.60. The Morgan fingerprint density at radius 2 is 1.68 bits per heavy atom. The molecule has 1 aromatic rings. The number of ketones is 1. The third-order valence-electron chi connectivity index (χ3n) is 12.8. The molecule has 6 fully saturated rings. The minimum Gasteiger partial charge on any atom is -0.493 e. The van der Waals surface area contributed by atoms with Gasteiger partial charge in [-0.2, -0.15) is 0 Å². The molecule has 12 heteroatoms. The molecular weight excluding hydrogens is 641 g/mol. The second kappa shape index (κ2) is 14.1. The highest BCUT2D eigenvalue weighted by Crippen LogP contribution is 2.47. The molecule has 1 aromatic carbocycles. The predicted molar refractivity (Wildman–Crippen MR) is 184 cm³/mol. The van der Waals surface area contributed by atoms with Gasteiger partial charge in [0, 0.05) is 50.4 Å². The van der Waals surface area contributed by atoms with Gasteiger partial charge < -0.3 is 34.2 Å². The summed E-state index contributed by atoms with van der Waals surface area (Å²) < 4.78 is 34.4. The van der Waals surface area contributed by atoms with Crippen molar-refractivity contribution in [1.29, 1.82) is 0 Å². The molecule has 272 valence electrons. The third-order valence-corrected chi connectivity index (χ3v) is 12.8. The minimum absolute atomic E-state index is 0.0676. The average Bonchev–Trinajstić information content (AvgIpc) is 3.85. The summed E-state index contributed by atoms with van der Waals surface area (Å²) in [6, 6.07) is 4.75. The maximum Gasteiger partial charge on any atom is 0.258 e. The van der Waals surface area contributed by atoms with Crippen LogP contribution in [-0.2, 0) is 14.3 Å². The molecule has 1 N–H and O–H groups in total. The fourth-order valence-electron chi connectivity index (χ4n) is 10.4. The topological polar surface area (TPSA) is 104 Å². The predicted octanol–water partition coefficient (Wildman–Crippen LogP) is 3.17. The van der Waals surface area contributed by atoms with Gasteiger partial charge in [-0.25, -0.2) is 4.39 Å². The number of fused-ring (bicyclic) bond motifs is 2. The van der Waals surface area contributed by atoms with Crippen molar-refractivity contribution < 1.29 is 33.0 Å². The second-order valence-corrected chi connectivity index (χ2v) is 15.4. The Hall–Kier alpha value is -3.22. The van der Waals surface area contributed by atoms with Crippen LogP contribution in [0.3, 0.4) is 0 Å². The Morgan fingerprint density at radius 3 is 2.44 bits per heavy atom. The Morgan fingerprint density at radius 1 is 0.900 bits per heavy atom. The fraction of sp³-hybridized carbons (Fsp3) is 0.711. The summed E-state index contributed by atoms with van der Waals surface area (Å²) in [6.07, 6.45) is 9.01. The number of methoxy groups -OCH3 is 2. The molecule has 4 saturated heterocycles. The van der Waals surface area contributed by atoms with E-state index in [-0.39, 0.29) is 53.8 Å². The molecule has 0 spiro atoms. The Labute approximate surface area is 294 Å². The van der Waals surface area contributed by atoms with E-state index in [1.807, 2.05) is 11.1 Å². The molecule has 5 aliphatic heterocycles. The molecular formula is C38H52FN5O6. The van der Waals surface area contributed by atoms with E-state index in [0.717, 1.165) is 51.6 Å². The van der Waals surface area contributed by atoms with Crippen molar-refractivity contribution in [1.82, 2.24) is 24.9 Å². The van der Waals surface area contributed by atoms with E-state index < -0.39 is 24.2 Å². The van der Waals surface area contributed by atoms with Gasteiger partial charge in [-0.05, 0) is 76.6 Å². The number of carbonyl (C=O) groups excluding carboxylic acids is 3. The number of nitrogens with one attached hydrogen (secondary N) is 1. The maximum atomic E-state index is 16.6.